The van der Waals surface area contributed by atoms with Crippen LogP contribution in [0.4, 0.5) is 10.8 Å². The van der Waals surface area contributed by atoms with E-state index < -0.39 is 0 Å². The van der Waals surface area contributed by atoms with Gasteiger partial charge in [0.15, 0.2) is 5.13 Å². The summed E-state index contributed by atoms with van der Waals surface area (Å²) in [7, 11) is 0. The molecule has 3 aromatic rings. The Labute approximate surface area is 173 Å². The molecule has 146 valence electrons. The molecule has 3 rings (SSSR count). The topological polar surface area (TPSA) is 71.1 Å². The summed E-state index contributed by atoms with van der Waals surface area (Å²) >= 11 is 7.55. The zero-order chi connectivity index (χ0) is 20.1. The van der Waals surface area contributed by atoms with Crippen molar-refractivity contribution in [3.05, 3.63) is 52.5 Å². The zero-order valence-electron chi connectivity index (χ0n) is 15.8. The van der Waals surface area contributed by atoms with Crippen LogP contribution < -0.4 is 10.6 Å². The average molecular weight is 416 g/mol. The first-order valence-electron chi connectivity index (χ1n) is 9.25. The molecule has 0 unspecified atom stereocenters. The first kappa shape index (κ1) is 20.3. The number of para-hydroxylation sites is 1. The third-order valence-corrected chi connectivity index (χ3v) is 5.61. The zero-order valence-corrected chi connectivity index (χ0v) is 17.4. The highest BCUT2D eigenvalue weighted by Gasteiger charge is 2.13. The molecule has 0 saturated carbocycles. The molecular weight excluding hydrogens is 394 g/mol. The lowest BCUT2D eigenvalue weighted by molar-refractivity contribution is -0.116. The molecule has 0 aliphatic heterocycles. The number of rotatable bonds is 7. The molecule has 1 heterocycles. The van der Waals surface area contributed by atoms with Crippen LogP contribution in [0.1, 0.15) is 48.5 Å². The van der Waals surface area contributed by atoms with Gasteiger partial charge < -0.3 is 10.6 Å². The summed E-state index contributed by atoms with van der Waals surface area (Å²) in [5, 5.41) is 6.77. The van der Waals surface area contributed by atoms with Crippen LogP contribution in [0.2, 0.25) is 5.02 Å². The summed E-state index contributed by atoms with van der Waals surface area (Å²) in [6.45, 7) is 4.00. The Bertz CT molecular complexity index is 996. The predicted octanol–water partition coefficient (Wildman–Crippen LogP) is 6.03. The first-order valence-corrected chi connectivity index (χ1v) is 10.4. The molecule has 1 aromatic heterocycles. The molecule has 0 fully saturated rings. The van der Waals surface area contributed by atoms with Gasteiger partial charge in [-0.1, -0.05) is 54.8 Å². The monoisotopic (exact) mass is 415 g/mol. The van der Waals surface area contributed by atoms with Gasteiger partial charge in [0.2, 0.25) is 5.91 Å². The van der Waals surface area contributed by atoms with Crippen LogP contribution in [-0.2, 0) is 4.79 Å². The van der Waals surface area contributed by atoms with Crippen LogP contribution in [-0.4, -0.2) is 16.8 Å². The van der Waals surface area contributed by atoms with E-state index in [4.69, 9.17) is 11.6 Å². The number of thiazole rings is 1. The summed E-state index contributed by atoms with van der Waals surface area (Å²) in [4.78, 5) is 29.1. The van der Waals surface area contributed by atoms with E-state index in [9.17, 15) is 9.59 Å². The highest BCUT2D eigenvalue weighted by atomic mass is 35.5. The van der Waals surface area contributed by atoms with Crippen molar-refractivity contribution in [2.45, 2.75) is 39.5 Å². The standard InChI is InChI=1S/C21H22ClN3O2S/c1-3-4-5-9-18(26)24-21-23-16-11-10-14(12-17(16)28-21)20(27)25-19-13(2)7-6-8-15(19)22/h6-8,10-12H,3-5,9H2,1-2H3,(H,25,27)(H,23,24,26). The number of halogens is 1. The van der Waals surface area contributed by atoms with E-state index >= 15 is 0 Å². The van der Waals surface area contributed by atoms with Crippen molar-refractivity contribution in [2.75, 3.05) is 10.6 Å². The van der Waals surface area contributed by atoms with Crippen molar-refractivity contribution in [2.24, 2.45) is 0 Å². The van der Waals surface area contributed by atoms with Crippen molar-refractivity contribution in [1.29, 1.82) is 0 Å². The Balaban J connectivity index is 1.73. The fourth-order valence-electron chi connectivity index (χ4n) is 2.81. The number of nitrogens with zero attached hydrogens (tertiary/aromatic N) is 1. The van der Waals surface area contributed by atoms with E-state index in [0.29, 0.717) is 27.8 Å². The molecule has 0 radical (unpaired) electrons. The maximum absolute atomic E-state index is 12.6. The number of carbonyl (C=O) groups is 2. The highest BCUT2D eigenvalue weighted by Crippen LogP contribution is 2.29. The highest BCUT2D eigenvalue weighted by molar-refractivity contribution is 7.22. The van der Waals surface area contributed by atoms with Crippen LogP contribution >= 0.6 is 22.9 Å². The summed E-state index contributed by atoms with van der Waals surface area (Å²) in [6, 6.07) is 10.8. The van der Waals surface area contributed by atoms with Gasteiger partial charge in [-0.25, -0.2) is 4.98 Å². The molecule has 5 nitrogen and oxygen atoms in total. The summed E-state index contributed by atoms with van der Waals surface area (Å²) in [6.07, 6.45) is 3.48. The number of anilines is 2. The molecule has 0 aliphatic rings. The summed E-state index contributed by atoms with van der Waals surface area (Å²) < 4.78 is 0.840. The third-order valence-electron chi connectivity index (χ3n) is 4.36. The van der Waals surface area contributed by atoms with E-state index in [1.54, 1.807) is 24.3 Å². The minimum atomic E-state index is -0.239. The second kappa shape index (κ2) is 9.17. The van der Waals surface area contributed by atoms with Crippen LogP contribution in [0.3, 0.4) is 0 Å². The van der Waals surface area contributed by atoms with E-state index in [2.05, 4.69) is 22.5 Å². The number of carbonyl (C=O) groups excluding carboxylic acids is 2. The van der Waals surface area contributed by atoms with Crippen molar-refractivity contribution in [3.8, 4) is 0 Å². The number of nitrogens with one attached hydrogen (secondary N) is 2. The van der Waals surface area contributed by atoms with Crippen molar-refractivity contribution >= 4 is 55.8 Å². The van der Waals surface area contributed by atoms with Crippen LogP contribution in [0, 0.1) is 6.92 Å². The molecule has 0 atom stereocenters. The molecule has 2 amide bonds. The van der Waals surface area contributed by atoms with Gasteiger partial charge in [-0.05, 0) is 43.2 Å². The second-order valence-corrected chi connectivity index (χ2v) is 8.03. The molecule has 0 spiro atoms. The molecular formula is C21H22ClN3O2S. The molecule has 0 bridgehead atoms. The first-order chi connectivity index (χ1) is 13.5. The lowest BCUT2D eigenvalue weighted by Gasteiger charge is -2.10. The van der Waals surface area contributed by atoms with E-state index in [1.807, 2.05) is 19.1 Å². The fourth-order valence-corrected chi connectivity index (χ4v) is 4.00. The van der Waals surface area contributed by atoms with Crippen molar-refractivity contribution < 1.29 is 9.59 Å². The SMILES string of the molecule is CCCCCC(=O)Nc1nc2ccc(C(=O)Nc3c(C)cccc3Cl)cc2s1. The molecule has 7 heteroatoms. The Hall–Kier alpha value is -2.44. The number of benzene rings is 2. The molecule has 28 heavy (non-hydrogen) atoms. The summed E-state index contributed by atoms with van der Waals surface area (Å²) in [5.74, 6) is -0.267. The Morgan fingerprint density at radius 2 is 1.96 bits per heavy atom. The molecule has 0 saturated heterocycles. The van der Waals surface area contributed by atoms with Gasteiger partial charge in [0.1, 0.15) is 0 Å². The van der Waals surface area contributed by atoms with Crippen LogP contribution in [0.5, 0.6) is 0 Å². The normalized spacial score (nSPS) is 10.8. The van der Waals surface area contributed by atoms with Crippen molar-refractivity contribution in [3.63, 3.8) is 0 Å². The van der Waals surface area contributed by atoms with Gasteiger partial charge in [-0.15, -0.1) is 0 Å². The largest absolute Gasteiger partial charge is 0.320 e. The number of unbranched alkanes of at least 4 members (excludes halogenated alkanes) is 2. The maximum Gasteiger partial charge on any atom is 0.255 e. The molecule has 2 N–H and O–H groups in total. The van der Waals surface area contributed by atoms with Crippen LogP contribution in [0.15, 0.2) is 36.4 Å². The Kier molecular flexibility index (Phi) is 6.65. The average Bonchev–Trinajstić information content (AvgIpc) is 3.06. The lowest BCUT2D eigenvalue weighted by Crippen LogP contribution is -2.13. The molecule has 0 aliphatic carbocycles. The number of aromatic nitrogens is 1. The second-order valence-electron chi connectivity index (χ2n) is 6.59. The minimum Gasteiger partial charge on any atom is -0.320 e. The number of aryl methyl sites for hydroxylation is 1. The van der Waals surface area contributed by atoms with E-state index in [0.717, 1.165) is 35.0 Å². The minimum absolute atomic E-state index is 0.0281. The van der Waals surface area contributed by atoms with Gasteiger partial charge in [0.05, 0.1) is 20.9 Å². The van der Waals surface area contributed by atoms with E-state index in [-0.39, 0.29) is 11.8 Å². The molecule has 2 aromatic carbocycles. The fraction of sp³-hybridized carbons (Fsp3) is 0.286. The van der Waals surface area contributed by atoms with Gasteiger partial charge in [0, 0.05) is 12.0 Å². The number of hydrogen-bond acceptors (Lipinski definition) is 4. The van der Waals surface area contributed by atoms with E-state index in [1.165, 1.54) is 11.3 Å². The predicted molar refractivity (Wildman–Crippen MR) is 117 cm³/mol. The van der Waals surface area contributed by atoms with Crippen LogP contribution in [0.25, 0.3) is 10.2 Å². The van der Waals surface area contributed by atoms with Crippen molar-refractivity contribution in [1.82, 2.24) is 4.98 Å². The number of fused-ring (bicyclic) bond motifs is 1. The van der Waals surface area contributed by atoms with Gasteiger partial charge in [-0.3, -0.25) is 9.59 Å². The summed E-state index contributed by atoms with van der Waals surface area (Å²) in [5.41, 5.74) is 2.77. The Morgan fingerprint density at radius 3 is 2.71 bits per heavy atom. The van der Waals surface area contributed by atoms with Gasteiger partial charge in [0.25, 0.3) is 5.91 Å². The smallest absolute Gasteiger partial charge is 0.255 e. The number of amides is 2. The lowest BCUT2D eigenvalue weighted by atomic mass is 10.1. The quantitative estimate of drug-likeness (QED) is 0.463. The van der Waals surface area contributed by atoms with Gasteiger partial charge in [-0.2, -0.15) is 0 Å². The Morgan fingerprint density at radius 1 is 1.14 bits per heavy atom. The van der Waals surface area contributed by atoms with Gasteiger partial charge >= 0.3 is 0 Å². The number of hydrogen-bond donors (Lipinski definition) is 2. The third kappa shape index (κ3) is 4.88. The maximum atomic E-state index is 12.6.